The summed E-state index contributed by atoms with van der Waals surface area (Å²) in [6.45, 7) is 12.9. The first-order chi connectivity index (χ1) is 8.97. The molecule has 19 heavy (non-hydrogen) atoms. The second-order valence-electron chi connectivity index (χ2n) is 6.11. The summed E-state index contributed by atoms with van der Waals surface area (Å²) in [5.41, 5.74) is 1.55. The molecule has 0 saturated carbocycles. The van der Waals surface area contributed by atoms with Crippen molar-refractivity contribution in [1.29, 1.82) is 0 Å². The van der Waals surface area contributed by atoms with Crippen LogP contribution in [0.25, 0.3) is 0 Å². The third-order valence-electron chi connectivity index (χ3n) is 3.26. The van der Waals surface area contributed by atoms with Gasteiger partial charge in [0.25, 0.3) is 0 Å². The van der Waals surface area contributed by atoms with Gasteiger partial charge >= 0.3 is 0 Å². The predicted octanol–water partition coefficient (Wildman–Crippen LogP) is 4.14. The van der Waals surface area contributed by atoms with Crippen molar-refractivity contribution in [2.45, 2.75) is 59.0 Å². The van der Waals surface area contributed by atoms with E-state index >= 15 is 0 Å². The summed E-state index contributed by atoms with van der Waals surface area (Å²) in [6.07, 6.45) is 2.51. The molecule has 0 heterocycles. The van der Waals surface area contributed by atoms with Gasteiger partial charge in [-0.25, -0.2) is 0 Å². The van der Waals surface area contributed by atoms with Crippen molar-refractivity contribution in [1.82, 2.24) is 5.32 Å². The van der Waals surface area contributed by atoms with E-state index in [9.17, 15) is 0 Å². The van der Waals surface area contributed by atoms with Crippen LogP contribution in [0.2, 0.25) is 0 Å². The van der Waals surface area contributed by atoms with E-state index in [-0.39, 0.29) is 11.5 Å². The Kier molecular flexibility index (Phi) is 6.36. The lowest BCUT2D eigenvalue weighted by Gasteiger charge is -2.21. The standard InChI is InChI=1S/C17H29NO/c1-6-8-16(13-18-7-2)19-15-11-9-14(10-12-15)17(3,4)5/h9-12,16,18H,6-8,13H2,1-5H3. The maximum atomic E-state index is 6.06. The molecular weight excluding hydrogens is 234 g/mol. The fourth-order valence-electron chi connectivity index (χ4n) is 2.06. The lowest BCUT2D eigenvalue weighted by atomic mass is 9.87. The number of rotatable bonds is 7. The summed E-state index contributed by atoms with van der Waals surface area (Å²) in [5.74, 6) is 0.976. The fourth-order valence-corrected chi connectivity index (χ4v) is 2.06. The Hall–Kier alpha value is -1.02. The molecule has 1 N–H and O–H groups in total. The summed E-state index contributed by atoms with van der Waals surface area (Å²) in [4.78, 5) is 0. The van der Waals surface area contributed by atoms with E-state index in [1.807, 2.05) is 0 Å². The molecule has 1 unspecified atom stereocenters. The average molecular weight is 263 g/mol. The van der Waals surface area contributed by atoms with Crippen molar-refractivity contribution < 1.29 is 4.74 Å². The van der Waals surface area contributed by atoms with Gasteiger partial charge in [-0.2, -0.15) is 0 Å². The quantitative estimate of drug-likeness (QED) is 0.798. The van der Waals surface area contributed by atoms with Gasteiger partial charge in [0.15, 0.2) is 0 Å². The van der Waals surface area contributed by atoms with Crippen LogP contribution in [0.5, 0.6) is 5.75 Å². The normalized spacial score (nSPS) is 13.3. The van der Waals surface area contributed by atoms with Crippen LogP contribution in [0.4, 0.5) is 0 Å². The third kappa shape index (κ3) is 5.65. The molecule has 0 aliphatic heterocycles. The zero-order valence-electron chi connectivity index (χ0n) is 13.1. The number of nitrogens with one attached hydrogen (secondary N) is 1. The zero-order valence-corrected chi connectivity index (χ0v) is 13.1. The van der Waals surface area contributed by atoms with E-state index in [0.717, 1.165) is 31.7 Å². The van der Waals surface area contributed by atoms with Crippen LogP contribution in [-0.2, 0) is 5.41 Å². The Bertz CT molecular complexity index is 351. The molecule has 0 aliphatic carbocycles. The van der Waals surface area contributed by atoms with Crippen LogP contribution < -0.4 is 10.1 Å². The Morgan fingerprint density at radius 1 is 1.11 bits per heavy atom. The van der Waals surface area contributed by atoms with Gasteiger partial charge in [-0.15, -0.1) is 0 Å². The minimum absolute atomic E-state index is 0.200. The number of hydrogen-bond acceptors (Lipinski definition) is 2. The van der Waals surface area contributed by atoms with Crippen molar-refractivity contribution >= 4 is 0 Å². The first-order valence-corrected chi connectivity index (χ1v) is 7.45. The monoisotopic (exact) mass is 263 g/mol. The van der Waals surface area contributed by atoms with E-state index in [1.54, 1.807) is 0 Å². The first-order valence-electron chi connectivity index (χ1n) is 7.45. The maximum Gasteiger partial charge on any atom is 0.119 e. The van der Waals surface area contributed by atoms with Crippen LogP contribution in [0, 0.1) is 0 Å². The van der Waals surface area contributed by atoms with Crippen molar-refractivity contribution in [2.24, 2.45) is 0 Å². The van der Waals surface area contributed by atoms with Crippen LogP contribution in [0.1, 0.15) is 53.0 Å². The van der Waals surface area contributed by atoms with Gasteiger partial charge in [0.2, 0.25) is 0 Å². The molecule has 2 heteroatoms. The molecule has 1 aromatic carbocycles. The summed E-state index contributed by atoms with van der Waals surface area (Å²) in [5, 5.41) is 3.36. The molecule has 0 radical (unpaired) electrons. The van der Waals surface area contributed by atoms with Crippen LogP contribution in [0.3, 0.4) is 0 Å². The lowest BCUT2D eigenvalue weighted by molar-refractivity contribution is 0.187. The Labute approximate surface area is 118 Å². The molecule has 0 fully saturated rings. The van der Waals surface area contributed by atoms with Gasteiger partial charge in [0.1, 0.15) is 11.9 Å². The van der Waals surface area contributed by atoms with Gasteiger partial charge < -0.3 is 10.1 Å². The van der Waals surface area contributed by atoms with Crippen molar-refractivity contribution in [3.8, 4) is 5.75 Å². The predicted molar refractivity (Wildman–Crippen MR) is 83.0 cm³/mol. The maximum absolute atomic E-state index is 6.06. The molecule has 1 aromatic rings. The van der Waals surface area contributed by atoms with Crippen LogP contribution >= 0.6 is 0 Å². The highest BCUT2D eigenvalue weighted by Crippen LogP contribution is 2.24. The molecule has 2 nitrogen and oxygen atoms in total. The first kappa shape index (κ1) is 16.0. The van der Waals surface area contributed by atoms with Crippen LogP contribution in [0.15, 0.2) is 24.3 Å². The highest BCUT2D eigenvalue weighted by molar-refractivity contribution is 5.31. The molecule has 1 rings (SSSR count). The minimum atomic E-state index is 0.200. The number of hydrogen-bond donors (Lipinski definition) is 1. The number of benzene rings is 1. The van der Waals surface area contributed by atoms with E-state index < -0.39 is 0 Å². The largest absolute Gasteiger partial charge is 0.489 e. The second kappa shape index (κ2) is 7.54. The zero-order chi connectivity index (χ0) is 14.3. The van der Waals surface area contributed by atoms with Gasteiger partial charge in [0, 0.05) is 6.54 Å². The second-order valence-corrected chi connectivity index (χ2v) is 6.11. The van der Waals surface area contributed by atoms with Crippen molar-refractivity contribution in [3.63, 3.8) is 0 Å². The molecular formula is C17H29NO. The van der Waals surface area contributed by atoms with E-state index in [0.29, 0.717) is 0 Å². The highest BCUT2D eigenvalue weighted by atomic mass is 16.5. The molecule has 0 bridgehead atoms. The number of likely N-dealkylation sites (N-methyl/N-ethyl adjacent to an activating group) is 1. The van der Waals surface area contributed by atoms with Crippen molar-refractivity contribution in [3.05, 3.63) is 29.8 Å². The van der Waals surface area contributed by atoms with Crippen molar-refractivity contribution in [2.75, 3.05) is 13.1 Å². The molecule has 0 amide bonds. The van der Waals surface area contributed by atoms with Crippen LogP contribution in [-0.4, -0.2) is 19.2 Å². The molecule has 108 valence electrons. The smallest absolute Gasteiger partial charge is 0.119 e. The average Bonchev–Trinajstić information content (AvgIpc) is 2.36. The molecule has 0 aliphatic rings. The third-order valence-corrected chi connectivity index (χ3v) is 3.26. The lowest BCUT2D eigenvalue weighted by Crippen LogP contribution is -2.31. The van der Waals surface area contributed by atoms with E-state index in [1.165, 1.54) is 5.56 Å². The fraction of sp³-hybridized carbons (Fsp3) is 0.647. The van der Waals surface area contributed by atoms with Gasteiger partial charge in [-0.05, 0) is 36.1 Å². The number of ether oxygens (including phenoxy) is 1. The van der Waals surface area contributed by atoms with E-state index in [4.69, 9.17) is 4.74 Å². The summed E-state index contributed by atoms with van der Waals surface area (Å²) in [7, 11) is 0. The van der Waals surface area contributed by atoms with E-state index in [2.05, 4.69) is 64.2 Å². The minimum Gasteiger partial charge on any atom is -0.489 e. The summed E-state index contributed by atoms with van der Waals surface area (Å²) in [6, 6.07) is 8.53. The Morgan fingerprint density at radius 2 is 1.74 bits per heavy atom. The topological polar surface area (TPSA) is 21.3 Å². The molecule has 1 atom stereocenters. The Morgan fingerprint density at radius 3 is 2.21 bits per heavy atom. The van der Waals surface area contributed by atoms with Gasteiger partial charge in [-0.1, -0.05) is 53.2 Å². The summed E-state index contributed by atoms with van der Waals surface area (Å²) >= 11 is 0. The SMILES string of the molecule is CCCC(CNCC)Oc1ccc(C(C)(C)C)cc1. The molecule has 0 aromatic heterocycles. The molecule has 0 saturated heterocycles. The summed E-state index contributed by atoms with van der Waals surface area (Å²) < 4.78 is 6.06. The highest BCUT2D eigenvalue weighted by Gasteiger charge is 2.14. The van der Waals surface area contributed by atoms with Gasteiger partial charge in [0.05, 0.1) is 0 Å². The Balaban J connectivity index is 2.64. The molecule has 0 spiro atoms. The van der Waals surface area contributed by atoms with Gasteiger partial charge in [-0.3, -0.25) is 0 Å².